The van der Waals surface area contributed by atoms with E-state index in [0.717, 1.165) is 38.8 Å². The third-order valence-corrected chi connectivity index (χ3v) is 3.79. The number of hydrogen-bond acceptors (Lipinski definition) is 3. The fourth-order valence-corrected chi connectivity index (χ4v) is 2.27. The summed E-state index contributed by atoms with van der Waals surface area (Å²) in [4.78, 5) is 14.2. The molecule has 3 atom stereocenters. The first-order valence-electron chi connectivity index (χ1n) is 7.26. The Morgan fingerprint density at radius 1 is 1.50 bits per heavy atom. The fraction of sp³-hybridized carbons (Fsp3) is 0.929. The lowest BCUT2D eigenvalue weighted by atomic mass is 9.97. The van der Waals surface area contributed by atoms with Crippen LogP contribution in [-0.4, -0.2) is 42.6 Å². The summed E-state index contributed by atoms with van der Waals surface area (Å²) in [7, 11) is 0. The molecule has 1 rings (SSSR count). The Balaban J connectivity index is 2.47. The number of likely N-dealkylation sites (tertiary alicyclic amines) is 1. The molecule has 0 aromatic heterocycles. The summed E-state index contributed by atoms with van der Waals surface area (Å²) in [5, 5.41) is 0. The van der Waals surface area contributed by atoms with Crippen LogP contribution in [0.15, 0.2) is 0 Å². The van der Waals surface area contributed by atoms with Gasteiger partial charge in [0.05, 0.1) is 12.1 Å². The maximum absolute atomic E-state index is 12.3. The first-order valence-corrected chi connectivity index (χ1v) is 7.26. The molecule has 0 aromatic rings. The average Bonchev–Trinajstić information content (AvgIpc) is 2.42. The van der Waals surface area contributed by atoms with E-state index in [1.165, 1.54) is 0 Å². The van der Waals surface area contributed by atoms with Crippen molar-refractivity contribution in [2.75, 3.05) is 19.7 Å². The van der Waals surface area contributed by atoms with Gasteiger partial charge in [-0.25, -0.2) is 0 Å². The Kier molecular flexibility index (Phi) is 6.65. The van der Waals surface area contributed by atoms with Crippen LogP contribution in [0.1, 0.15) is 46.5 Å². The van der Waals surface area contributed by atoms with Gasteiger partial charge in [0, 0.05) is 19.7 Å². The minimum atomic E-state index is -0.361. The molecule has 0 radical (unpaired) electrons. The second kappa shape index (κ2) is 7.74. The van der Waals surface area contributed by atoms with Crippen molar-refractivity contribution in [2.24, 2.45) is 11.7 Å². The van der Waals surface area contributed by atoms with Crippen molar-refractivity contribution >= 4 is 5.91 Å². The van der Waals surface area contributed by atoms with Crippen molar-refractivity contribution in [1.82, 2.24) is 4.90 Å². The van der Waals surface area contributed by atoms with E-state index in [4.69, 9.17) is 10.5 Å². The summed E-state index contributed by atoms with van der Waals surface area (Å²) in [6.07, 6.45) is 4.25. The molecular weight excluding hydrogens is 228 g/mol. The Hall–Kier alpha value is -0.610. The fourth-order valence-electron chi connectivity index (χ4n) is 2.27. The summed E-state index contributed by atoms with van der Waals surface area (Å²) < 4.78 is 5.74. The van der Waals surface area contributed by atoms with E-state index < -0.39 is 0 Å². The maximum atomic E-state index is 12.3. The van der Waals surface area contributed by atoms with E-state index in [1.54, 1.807) is 0 Å². The Morgan fingerprint density at radius 3 is 2.83 bits per heavy atom. The zero-order chi connectivity index (χ0) is 13.5. The normalized spacial score (nSPS) is 23.8. The lowest BCUT2D eigenvalue weighted by Gasteiger charge is -2.35. The zero-order valence-corrected chi connectivity index (χ0v) is 12.0. The van der Waals surface area contributed by atoms with Crippen molar-refractivity contribution in [3.8, 4) is 0 Å². The van der Waals surface area contributed by atoms with E-state index in [1.807, 2.05) is 11.8 Å². The van der Waals surface area contributed by atoms with Gasteiger partial charge in [-0.3, -0.25) is 4.79 Å². The molecule has 18 heavy (non-hydrogen) atoms. The number of ether oxygens (including phenoxy) is 1. The predicted molar refractivity (Wildman–Crippen MR) is 73.3 cm³/mol. The second-order valence-corrected chi connectivity index (χ2v) is 5.33. The van der Waals surface area contributed by atoms with Gasteiger partial charge in [0.15, 0.2) is 0 Å². The SMILES string of the molecule is CCCOC1CCCN(C(=O)[C@@H](N)[C@@H](C)CC)C1. The second-order valence-electron chi connectivity index (χ2n) is 5.33. The van der Waals surface area contributed by atoms with E-state index in [0.29, 0.717) is 6.54 Å². The average molecular weight is 256 g/mol. The molecule has 1 fully saturated rings. The van der Waals surface area contributed by atoms with Gasteiger partial charge in [0.2, 0.25) is 5.91 Å². The van der Waals surface area contributed by atoms with E-state index in [9.17, 15) is 4.79 Å². The third kappa shape index (κ3) is 4.25. The summed E-state index contributed by atoms with van der Waals surface area (Å²) in [5.41, 5.74) is 6.02. The van der Waals surface area contributed by atoms with E-state index in [2.05, 4.69) is 13.8 Å². The first kappa shape index (κ1) is 15.4. The molecule has 1 amide bonds. The lowest BCUT2D eigenvalue weighted by molar-refractivity contribution is -0.137. The van der Waals surface area contributed by atoms with Gasteiger partial charge in [-0.2, -0.15) is 0 Å². The van der Waals surface area contributed by atoms with Crippen molar-refractivity contribution in [3.05, 3.63) is 0 Å². The van der Waals surface area contributed by atoms with Crippen molar-refractivity contribution in [3.63, 3.8) is 0 Å². The summed E-state index contributed by atoms with van der Waals surface area (Å²) in [6, 6.07) is -0.361. The van der Waals surface area contributed by atoms with Crippen LogP contribution in [0.2, 0.25) is 0 Å². The molecule has 0 bridgehead atoms. The van der Waals surface area contributed by atoms with Gasteiger partial charge in [-0.15, -0.1) is 0 Å². The number of piperidine rings is 1. The van der Waals surface area contributed by atoms with Crippen LogP contribution < -0.4 is 5.73 Å². The number of nitrogens with two attached hydrogens (primary N) is 1. The monoisotopic (exact) mass is 256 g/mol. The molecule has 2 N–H and O–H groups in total. The molecule has 0 saturated carbocycles. The number of carbonyl (C=O) groups is 1. The minimum Gasteiger partial charge on any atom is -0.376 e. The highest BCUT2D eigenvalue weighted by Gasteiger charge is 2.29. The zero-order valence-electron chi connectivity index (χ0n) is 12.0. The Morgan fingerprint density at radius 2 is 2.22 bits per heavy atom. The molecule has 1 saturated heterocycles. The first-order chi connectivity index (χ1) is 8.60. The Labute approximate surface area is 111 Å². The van der Waals surface area contributed by atoms with Crippen molar-refractivity contribution in [2.45, 2.75) is 58.6 Å². The topological polar surface area (TPSA) is 55.6 Å². The maximum Gasteiger partial charge on any atom is 0.239 e. The smallest absolute Gasteiger partial charge is 0.239 e. The molecule has 0 spiro atoms. The minimum absolute atomic E-state index is 0.0918. The van der Waals surface area contributed by atoms with Crippen LogP contribution in [0.5, 0.6) is 0 Å². The molecule has 1 heterocycles. The molecule has 1 aliphatic heterocycles. The quantitative estimate of drug-likeness (QED) is 0.788. The van der Waals surface area contributed by atoms with Crippen molar-refractivity contribution in [1.29, 1.82) is 0 Å². The highest BCUT2D eigenvalue weighted by atomic mass is 16.5. The van der Waals surface area contributed by atoms with E-state index in [-0.39, 0.29) is 24.0 Å². The largest absolute Gasteiger partial charge is 0.376 e. The van der Waals surface area contributed by atoms with Crippen LogP contribution in [-0.2, 0) is 9.53 Å². The van der Waals surface area contributed by atoms with Gasteiger partial charge in [-0.1, -0.05) is 27.2 Å². The Bertz CT molecular complexity index is 258. The van der Waals surface area contributed by atoms with E-state index >= 15 is 0 Å². The van der Waals surface area contributed by atoms with Crippen LogP contribution in [0.25, 0.3) is 0 Å². The molecule has 106 valence electrons. The molecule has 4 heteroatoms. The number of hydrogen-bond donors (Lipinski definition) is 1. The molecule has 4 nitrogen and oxygen atoms in total. The molecule has 0 aliphatic carbocycles. The highest BCUT2D eigenvalue weighted by molar-refractivity contribution is 5.82. The van der Waals surface area contributed by atoms with Crippen LogP contribution in [0.3, 0.4) is 0 Å². The lowest BCUT2D eigenvalue weighted by Crippen LogP contribution is -2.51. The van der Waals surface area contributed by atoms with Crippen molar-refractivity contribution < 1.29 is 9.53 Å². The molecule has 1 unspecified atom stereocenters. The van der Waals surface area contributed by atoms with Gasteiger partial charge >= 0.3 is 0 Å². The van der Waals surface area contributed by atoms with Crippen LogP contribution in [0, 0.1) is 5.92 Å². The highest BCUT2D eigenvalue weighted by Crippen LogP contribution is 2.16. The van der Waals surface area contributed by atoms with Crippen LogP contribution >= 0.6 is 0 Å². The third-order valence-electron chi connectivity index (χ3n) is 3.79. The number of nitrogens with zero attached hydrogens (tertiary/aromatic N) is 1. The summed E-state index contributed by atoms with van der Waals surface area (Å²) in [6.45, 7) is 8.53. The summed E-state index contributed by atoms with van der Waals surface area (Å²) >= 11 is 0. The van der Waals surface area contributed by atoms with Crippen LogP contribution in [0.4, 0.5) is 0 Å². The standard InChI is InChI=1S/C14H28N2O2/c1-4-9-18-12-7-6-8-16(10-12)14(17)13(15)11(3)5-2/h11-13H,4-10,15H2,1-3H3/t11-,12?,13-/m0/s1. The summed E-state index contributed by atoms with van der Waals surface area (Å²) in [5.74, 6) is 0.337. The molecular formula is C14H28N2O2. The van der Waals surface area contributed by atoms with Gasteiger partial charge < -0.3 is 15.4 Å². The van der Waals surface area contributed by atoms with Gasteiger partial charge in [0.1, 0.15) is 0 Å². The van der Waals surface area contributed by atoms with Gasteiger partial charge in [0.25, 0.3) is 0 Å². The molecule has 1 aliphatic rings. The number of amides is 1. The molecule has 0 aromatic carbocycles. The van der Waals surface area contributed by atoms with Gasteiger partial charge in [-0.05, 0) is 25.2 Å². The number of rotatable bonds is 6. The predicted octanol–water partition coefficient (Wildman–Crippen LogP) is 1.78. The number of carbonyl (C=O) groups excluding carboxylic acids is 1.